The van der Waals surface area contributed by atoms with Gasteiger partial charge in [-0.05, 0) is 35.7 Å². The van der Waals surface area contributed by atoms with E-state index < -0.39 is 0 Å². The Hall–Kier alpha value is -2.96. The van der Waals surface area contributed by atoms with Gasteiger partial charge in [-0.2, -0.15) is 9.78 Å². The summed E-state index contributed by atoms with van der Waals surface area (Å²) in [5.74, 6) is 0.423. The van der Waals surface area contributed by atoms with Crippen LogP contribution in [0.15, 0.2) is 69.9 Å². The average Bonchev–Trinajstić information content (AvgIpc) is 3.11. The van der Waals surface area contributed by atoms with Crippen molar-refractivity contribution < 1.29 is 5.11 Å². The Morgan fingerprint density at radius 1 is 1.12 bits per heavy atom. The first kappa shape index (κ1) is 16.5. The van der Waals surface area contributed by atoms with Crippen molar-refractivity contribution in [2.75, 3.05) is 0 Å². The first-order chi connectivity index (χ1) is 12.6. The molecule has 2 aromatic heterocycles. The fourth-order valence-electron chi connectivity index (χ4n) is 2.55. The maximum atomic E-state index is 12.9. The van der Waals surface area contributed by atoms with Crippen LogP contribution >= 0.6 is 22.9 Å². The van der Waals surface area contributed by atoms with Crippen LogP contribution in [0.3, 0.4) is 0 Å². The minimum Gasteiger partial charge on any atom is -0.507 e. The van der Waals surface area contributed by atoms with Crippen LogP contribution < -0.4 is 5.56 Å². The lowest BCUT2D eigenvalue weighted by atomic mass is 10.2. The average molecular weight is 382 g/mol. The number of para-hydroxylation sites is 1. The quantitative estimate of drug-likeness (QED) is 0.536. The number of hydrogen-bond donors (Lipinski definition) is 1. The van der Waals surface area contributed by atoms with Crippen molar-refractivity contribution in [3.8, 4) is 17.1 Å². The summed E-state index contributed by atoms with van der Waals surface area (Å²) >= 11 is 7.61. The number of halogens is 1. The minimum absolute atomic E-state index is 0.0775. The highest BCUT2D eigenvalue weighted by atomic mass is 35.5. The lowest BCUT2D eigenvalue weighted by Gasteiger charge is -2.09. The van der Waals surface area contributed by atoms with Crippen LogP contribution in [0.5, 0.6) is 5.75 Å². The van der Waals surface area contributed by atoms with E-state index in [1.165, 1.54) is 22.2 Å². The molecule has 0 fully saturated rings. The fraction of sp³-hybridized carbons (Fsp3) is 0. The Morgan fingerprint density at radius 2 is 1.88 bits per heavy atom. The molecular formula is C19H12ClN3O2S. The molecular weight excluding hydrogens is 370 g/mol. The van der Waals surface area contributed by atoms with E-state index in [-0.39, 0.29) is 11.3 Å². The number of aromatic hydroxyl groups is 1. The molecule has 2 aromatic carbocycles. The van der Waals surface area contributed by atoms with E-state index in [0.29, 0.717) is 32.2 Å². The first-order valence-corrected chi connectivity index (χ1v) is 8.98. The maximum absolute atomic E-state index is 12.9. The molecule has 1 N–H and O–H groups in total. The maximum Gasteiger partial charge on any atom is 0.292 e. The second-order valence-corrected chi connectivity index (χ2v) is 6.79. The molecule has 128 valence electrons. The van der Waals surface area contributed by atoms with Crippen LogP contribution in [0.4, 0.5) is 0 Å². The monoisotopic (exact) mass is 381 g/mol. The topological polar surface area (TPSA) is 67.5 Å². The predicted octanol–water partition coefficient (Wildman–Crippen LogP) is 4.37. The smallest absolute Gasteiger partial charge is 0.292 e. The van der Waals surface area contributed by atoms with Gasteiger partial charge in [0.2, 0.25) is 0 Å². The van der Waals surface area contributed by atoms with Crippen molar-refractivity contribution in [1.29, 1.82) is 0 Å². The summed E-state index contributed by atoms with van der Waals surface area (Å²) in [7, 11) is 0. The molecule has 0 unspecified atom stereocenters. The normalized spacial score (nSPS) is 11.4. The highest BCUT2D eigenvalue weighted by Crippen LogP contribution is 2.27. The second-order valence-electron chi connectivity index (χ2n) is 5.47. The van der Waals surface area contributed by atoms with Gasteiger partial charge in [-0.25, -0.2) is 4.98 Å². The molecule has 4 rings (SSSR count). The fourth-order valence-corrected chi connectivity index (χ4v) is 3.52. The molecule has 0 amide bonds. The van der Waals surface area contributed by atoms with Crippen molar-refractivity contribution in [2.45, 2.75) is 0 Å². The molecule has 0 saturated heterocycles. The van der Waals surface area contributed by atoms with Crippen LogP contribution in [0.25, 0.3) is 21.6 Å². The van der Waals surface area contributed by atoms with Crippen molar-refractivity contribution >= 4 is 39.4 Å². The molecule has 0 atom stereocenters. The summed E-state index contributed by atoms with van der Waals surface area (Å²) in [6, 6.07) is 15.7. The van der Waals surface area contributed by atoms with Crippen LogP contribution in [0, 0.1) is 0 Å². The van der Waals surface area contributed by atoms with Gasteiger partial charge >= 0.3 is 0 Å². The van der Waals surface area contributed by atoms with Gasteiger partial charge in [0.05, 0.1) is 16.8 Å². The minimum atomic E-state index is -0.286. The summed E-state index contributed by atoms with van der Waals surface area (Å²) in [5, 5.41) is 16.5. The number of hydrogen-bond acceptors (Lipinski definition) is 5. The van der Waals surface area contributed by atoms with Gasteiger partial charge in [-0.1, -0.05) is 35.9 Å². The van der Waals surface area contributed by atoms with Crippen LogP contribution in [0.2, 0.25) is 5.02 Å². The molecule has 7 heteroatoms. The Labute approximate surface area is 157 Å². The number of rotatable bonds is 3. The second kappa shape index (κ2) is 6.74. The predicted molar refractivity (Wildman–Crippen MR) is 105 cm³/mol. The summed E-state index contributed by atoms with van der Waals surface area (Å²) in [4.78, 5) is 17.5. The van der Waals surface area contributed by atoms with E-state index in [9.17, 15) is 9.90 Å². The first-order valence-electron chi connectivity index (χ1n) is 7.72. The summed E-state index contributed by atoms with van der Waals surface area (Å²) in [6.07, 6.45) is 1.43. The zero-order valence-corrected chi connectivity index (χ0v) is 14.9. The van der Waals surface area contributed by atoms with Crippen LogP contribution in [0.1, 0.15) is 5.56 Å². The molecule has 0 spiro atoms. The lowest BCUT2D eigenvalue weighted by Crippen LogP contribution is -2.19. The van der Waals surface area contributed by atoms with Gasteiger partial charge in [0.1, 0.15) is 10.4 Å². The van der Waals surface area contributed by atoms with Gasteiger partial charge in [-0.15, -0.1) is 11.3 Å². The summed E-state index contributed by atoms with van der Waals surface area (Å²) in [6.45, 7) is 0. The molecule has 5 nitrogen and oxygen atoms in total. The SMILES string of the molecule is O=c1c2sccc2nc(-c2ccccc2Cl)n1/N=C/c1ccccc1O. The Morgan fingerprint density at radius 3 is 2.69 bits per heavy atom. The van der Waals surface area contributed by atoms with Gasteiger partial charge in [-0.3, -0.25) is 4.79 Å². The summed E-state index contributed by atoms with van der Waals surface area (Å²) in [5.41, 5.74) is 1.42. The van der Waals surface area contributed by atoms with E-state index in [0.717, 1.165) is 0 Å². The third-order valence-electron chi connectivity index (χ3n) is 3.82. The van der Waals surface area contributed by atoms with E-state index in [1.54, 1.807) is 42.5 Å². The van der Waals surface area contributed by atoms with E-state index >= 15 is 0 Å². The molecule has 0 radical (unpaired) electrons. The Bertz CT molecular complexity index is 1200. The Balaban J connectivity index is 1.97. The van der Waals surface area contributed by atoms with Crippen molar-refractivity contribution in [3.63, 3.8) is 0 Å². The number of fused-ring (bicyclic) bond motifs is 1. The number of nitrogens with zero attached hydrogens (tertiary/aromatic N) is 3. The van der Waals surface area contributed by atoms with E-state index in [1.807, 2.05) is 17.5 Å². The standard InChI is InChI=1S/C19H12ClN3O2S/c20-14-7-3-2-6-13(14)18-22-15-9-10-26-17(15)19(25)23(18)21-11-12-5-1-4-8-16(12)24/h1-11,24H/b21-11+. The van der Waals surface area contributed by atoms with Gasteiger partial charge < -0.3 is 5.11 Å². The largest absolute Gasteiger partial charge is 0.507 e. The summed E-state index contributed by atoms with van der Waals surface area (Å²) < 4.78 is 1.72. The Kier molecular flexibility index (Phi) is 4.28. The van der Waals surface area contributed by atoms with E-state index in [4.69, 9.17) is 11.6 Å². The zero-order valence-electron chi connectivity index (χ0n) is 13.3. The third-order valence-corrected chi connectivity index (χ3v) is 5.04. The highest BCUT2D eigenvalue weighted by Gasteiger charge is 2.15. The van der Waals surface area contributed by atoms with Gasteiger partial charge in [0.25, 0.3) is 5.56 Å². The lowest BCUT2D eigenvalue weighted by molar-refractivity contribution is 0.474. The number of phenolic OH excluding ortho intramolecular Hbond substituents is 1. The number of benzene rings is 2. The number of thiophene rings is 1. The number of aromatic nitrogens is 2. The molecule has 0 saturated carbocycles. The molecule has 4 aromatic rings. The van der Waals surface area contributed by atoms with Crippen molar-refractivity contribution in [1.82, 2.24) is 9.66 Å². The van der Waals surface area contributed by atoms with Gasteiger partial charge in [0, 0.05) is 11.1 Å². The zero-order chi connectivity index (χ0) is 18.1. The molecule has 0 aliphatic heterocycles. The van der Waals surface area contributed by atoms with Crippen molar-refractivity contribution in [2.24, 2.45) is 5.10 Å². The molecule has 26 heavy (non-hydrogen) atoms. The highest BCUT2D eigenvalue weighted by molar-refractivity contribution is 7.17. The molecule has 0 aliphatic rings. The molecule has 2 heterocycles. The van der Waals surface area contributed by atoms with Crippen LogP contribution in [-0.4, -0.2) is 21.0 Å². The van der Waals surface area contributed by atoms with Crippen molar-refractivity contribution in [3.05, 3.63) is 80.9 Å². The third kappa shape index (κ3) is 2.89. The molecule has 0 aliphatic carbocycles. The number of phenols is 1. The van der Waals surface area contributed by atoms with Gasteiger partial charge in [0.15, 0.2) is 5.82 Å². The van der Waals surface area contributed by atoms with Crippen LogP contribution in [-0.2, 0) is 0 Å². The van der Waals surface area contributed by atoms with E-state index in [2.05, 4.69) is 10.1 Å². The molecule has 0 bridgehead atoms.